The van der Waals surface area contributed by atoms with Crippen LogP contribution >= 0.6 is 23.1 Å². The predicted octanol–water partition coefficient (Wildman–Crippen LogP) is 3.48. The molecule has 13 heteroatoms. The fourth-order valence-electron chi connectivity index (χ4n) is 1.68. The second-order valence-electron chi connectivity index (χ2n) is 4.63. The van der Waals surface area contributed by atoms with Gasteiger partial charge in [0.25, 0.3) is 5.22 Å². The molecular formula is C13H7F4N5O2S2. The number of amides is 1. The Morgan fingerprint density at radius 1 is 1.23 bits per heavy atom. The fourth-order valence-corrected chi connectivity index (χ4v) is 2.87. The van der Waals surface area contributed by atoms with Gasteiger partial charge in [0, 0.05) is 5.56 Å². The lowest BCUT2D eigenvalue weighted by Crippen LogP contribution is -2.13. The lowest BCUT2D eigenvalue weighted by molar-refractivity contribution is -0.138. The van der Waals surface area contributed by atoms with Gasteiger partial charge in [-0.15, -0.1) is 20.4 Å². The minimum atomic E-state index is -4.62. The average Bonchev–Trinajstić information content (AvgIpc) is 3.22. The number of nitrogens with zero attached hydrogens (tertiary/aromatic N) is 4. The summed E-state index contributed by atoms with van der Waals surface area (Å²) in [6, 6.07) is 5.53. The summed E-state index contributed by atoms with van der Waals surface area (Å²) in [7, 11) is 0. The normalized spacial score (nSPS) is 11.5. The van der Waals surface area contributed by atoms with Gasteiger partial charge in [-0.25, -0.2) is 4.39 Å². The molecule has 3 aromatic rings. The van der Waals surface area contributed by atoms with E-state index in [1.807, 2.05) is 0 Å². The minimum Gasteiger partial charge on any atom is -0.411 e. The van der Waals surface area contributed by atoms with Gasteiger partial charge in [0.1, 0.15) is 5.82 Å². The number of hydrogen-bond acceptors (Lipinski definition) is 8. The molecule has 0 aliphatic heterocycles. The number of carbonyl (C=O) groups is 1. The molecule has 0 aliphatic carbocycles. The van der Waals surface area contributed by atoms with E-state index < -0.39 is 22.9 Å². The number of carbonyl (C=O) groups excluding carboxylic acids is 1. The van der Waals surface area contributed by atoms with E-state index in [4.69, 9.17) is 4.42 Å². The first-order chi connectivity index (χ1) is 12.3. The molecule has 26 heavy (non-hydrogen) atoms. The first-order valence-corrected chi connectivity index (χ1v) is 8.54. The molecule has 0 fully saturated rings. The topological polar surface area (TPSA) is 93.8 Å². The van der Waals surface area contributed by atoms with Crippen molar-refractivity contribution in [1.29, 1.82) is 0 Å². The van der Waals surface area contributed by atoms with Crippen molar-refractivity contribution in [2.75, 3.05) is 11.1 Å². The average molecular weight is 405 g/mol. The van der Waals surface area contributed by atoms with Crippen LogP contribution in [0.1, 0.15) is 5.01 Å². The van der Waals surface area contributed by atoms with E-state index in [-0.39, 0.29) is 33.3 Å². The molecule has 0 spiro atoms. The molecule has 2 heterocycles. The third kappa shape index (κ3) is 4.54. The first-order valence-electron chi connectivity index (χ1n) is 6.74. The summed E-state index contributed by atoms with van der Waals surface area (Å²) in [6.45, 7) is 0. The minimum absolute atomic E-state index is 0.0488. The number of alkyl halides is 3. The van der Waals surface area contributed by atoms with Crippen molar-refractivity contribution in [2.45, 2.75) is 11.4 Å². The number of aromatic nitrogens is 4. The van der Waals surface area contributed by atoms with E-state index in [9.17, 15) is 22.4 Å². The Morgan fingerprint density at radius 2 is 2.04 bits per heavy atom. The van der Waals surface area contributed by atoms with Gasteiger partial charge < -0.3 is 4.42 Å². The zero-order valence-corrected chi connectivity index (χ0v) is 14.1. The van der Waals surface area contributed by atoms with Crippen LogP contribution in [0.4, 0.5) is 22.7 Å². The van der Waals surface area contributed by atoms with Gasteiger partial charge in [-0.05, 0) is 18.2 Å². The van der Waals surface area contributed by atoms with Gasteiger partial charge in [-0.1, -0.05) is 29.2 Å². The maximum absolute atomic E-state index is 13.2. The quantitative estimate of drug-likeness (QED) is 0.513. The highest BCUT2D eigenvalue weighted by atomic mass is 32.2. The summed E-state index contributed by atoms with van der Waals surface area (Å²) in [5.41, 5.74) is 0.377. The van der Waals surface area contributed by atoms with Crippen LogP contribution in [-0.4, -0.2) is 32.1 Å². The Balaban J connectivity index is 1.56. The Kier molecular flexibility index (Phi) is 5.18. The summed E-state index contributed by atoms with van der Waals surface area (Å²) < 4.78 is 55.7. The number of halogens is 4. The van der Waals surface area contributed by atoms with Crippen molar-refractivity contribution in [2.24, 2.45) is 0 Å². The molecule has 2 aromatic heterocycles. The Morgan fingerprint density at radius 3 is 2.73 bits per heavy atom. The van der Waals surface area contributed by atoms with Crippen LogP contribution in [0.15, 0.2) is 33.9 Å². The lowest BCUT2D eigenvalue weighted by atomic mass is 10.2. The van der Waals surface area contributed by atoms with Crippen LogP contribution in [0.3, 0.4) is 0 Å². The monoisotopic (exact) mass is 405 g/mol. The van der Waals surface area contributed by atoms with Crippen LogP contribution in [0, 0.1) is 5.82 Å². The zero-order chi connectivity index (χ0) is 18.7. The molecule has 0 aliphatic rings. The Labute approximate surface area is 150 Å². The van der Waals surface area contributed by atoms with E-state index in [0.717, 1.165) is 11.8 Å². The molecule has 7 nitrogen and oxygen atoms in total. The highest BCUT2D eigenvalue weighted by molar-refractivity contribution is 7.99. The van der Waals surface area contributed by atoms with Crippen LogP contribution in [0.5, 0.6) is 0 Å². The molecule has 0 saturated carbocycles. The van der Waals surface area contributed by atoms with E-state index in [1.54, 1.807) is 6.07 Å². The van der Waals surface area contributed by atoms with Gasteiger partial charge in [0.15, 0.2) is 0 Å². The molecule has 0 bridgehead atoms. The number of hydrogen-bond donors (Lipinski definition) is 1. The fraction of sp³-hybridized carbons (Fsp3) is 0.154. The third-order valence-electron chi connectivity index (χ3n) is 2.72. The standard InChI is InChI=1S/C13H7F4N5O2S2/c14-7-3-1-2-6(4-7)9-19-22-12(24-9)25-5-8(23)18-11-21-20-10(26-11)13(15,16)17/h1-4H,5H2,(H,18,21,23). The number of thioether (sulfide) groups is 1. The Bertz CT molecular complexity index is 927. The first kappa shape index (κ1) is 18.3. The van der Waals surface area contributed by atoms with E-state index >= 15 is 0 Å². The SMILES string of the molecule is O=C(CSc1nnc(-c2cccc(F)c2)o1)Nc1nnc(C(F)(F)F)s1. The van der Waals surface area contributed by atoms with Gasteiger partial charge in [-0.3, -0.25) is 10.1 Å². The summed E-state index contributed by atoms with van der Waals surface area (Å²) in [6.07, 6.45) is -4.62. The summed E-state index contributed by atoms with van der Waals surface area (Å²) in [4.78, 5) is 11.8. The van der Waals surface area contributed by atoms with E-state index in [1.165, 1.54) is 18.2 Å². The number of rotatable bonds is 5. The molecule has 3 rings (SSSR count). The molecule has 1 aromatic carbocycles. The predicted molar refractivity (Wildman–Crippen MR) is 84.0 cm³/mol. The molecular weight excluding hydrogens is 398 g/mol. The van der Waals surface area contributed by atoms with E-state index in [2.05, 4.69) is 25.7 Å². The highest BCUT2D eigenvalue weighted by Gasteiger charge is 2.35. The summed E-state index contributed by atoms with van der Waals surface area (Å²) in [5.74, 6) is -1.22. The van der Waals surface area contributed by atoms with Crippen molar-refractivity contribution in [3.8, 4) is 11.5 Å². The lowest BCUT2D eigenvalue weighted by Gasteiger charge is -1.99. The van der Waals surface area contributed by atoms with Crippen LogP contribution in [0.25, 0.3) is 11.5 Å². The van der Waals surface area contributed by atoms with Gasteiger partial charge in [0.05, 0.1) is 5.75 Å². The second kappa shape index (κ2) is 7.37. The summed E-state index contributed by atoms with van der Waals surface area (Å²) in [5, 5.41) is 14.5. The maximum atomic E-state index is 13.2. The molecule has 1 amide bonds. The maximum Gasteiger partial charge on any atom is 0.445 e. The van der Waals surface area contributed by atoms with Gasteiger partial charge in [0.2, 0.25) is 21.9 Å². The van der Waals surface area contributed by atoms with Crippen molar-refractivity contribution < 1.29 is 26.8 Å². The Hall–Kier alpha value is -2.54. The molecule has 1 N–H and O–H groups in total. The van der Waals surface area contributed by atoms with Crippen molar-refractivity contribution in [3.05, 3.63) is 35.1 Å². The highest BCUT2D eigenvalue weighted by Crippen LogP contribution is 2.33. The number of benzene rings is 1. The van der Waals surface area contributed by atoms with Crippen LogP contribution in [0.2, 0.25) is 0 Å². The van der Waals surface area contributed by atoms with Gasteiger partial charge >= 0.3 is 6.18 Å². The molecule has 0 radical (unpaired) electrons. The second-order valence-corrected chi connectivity index (χ2v) is 6.53. The molecule has 136 valence electrons. The van der Waals surface area contributed by atoms with Crippen molar-refractivity contribution >= 4 is 34.1 Å². The van der Waals surface area contributed by atoms with E-state index in [0.29, 0.717) is 5.56 Å². The largest absolute Gasteiger partial charge is 0.445 e. The molecule has 0 saturated heterocycles. The number of nitrogens with one attached hydrogen (secondary N) is 1. The number of anilines is 1. The van der Waals surface area contributed by atoms with Crippen molar-refractivity contribution in [1.82, 2.24) is 20.4 Å². The molecule has 0 atom stereocenters. The van der Waals surface area contributed by atoms with Crippen molar-refractivity contribution in [3.63, 3.8) is 0 Å². The smallest absolute Gasteiger partial charge is 0.411 e. The van der Waals surface area contributed by atoms with Crippen LogP contribution < -0.4 is 5.32 Å². The zero-order valence-electron chi connectivity index (χ0n) is 12.5. The third-order valence-corrected chi connectivity index (χ3v) is 4.42. The molecule has 0 unspecified atom stereocenters. The van der Waals surface area contributed by atoms with Crippen LogP contribution in [-0.2, 0) is 11.0 Å². The summed E-state index contributed by atoms with van der Waals surface area (Å²) >= 11 is 1.09. The van der Waals surface area contributed by atoms with Gasteiger partial charge in [-0.2, -0.15) is 13.2 Å².